The molecule has 0 bridgehead atoms. The van der Waals surface area contributed by atoms with Crippen molar-refractivity contribution in [3.8, 4) is 0 Å². The third-order valence-corrected chi connectivity index (χ3v) is 2.03. The van der Waals surface area contributed by atoms with Crippen LogP contribution in [0.15, 0.2) is 0 Å². The Morgan fingerprint density at radius 2 is 2.17 bits per heavy atom. The molecule has 0 aliphatic heterocycles. The van der Waals surface area contributed by atoms with Gasteiger partial charge in [0.1, 0.15) is 6.67 Å². The molecule has 12 heavy (non-hydrogen) atoms. The van der Waals surface area contributed by atoms with Crippen molar-refractivity contribution in [3.63, 3.8) is 0 Å². The molecule has 74 valence electrons. The van der Waals surface area contributed by atoms with Crippen LogP contribution in [0, 0.1) is 0 Å². The fourth-order valence-corrected chi connectivity index (χ4v) is 1.36. The minimum Gasteiger partial charge on any atom is -0.302 e. The summed E-state index contributed by atoms with van der Waals surface area (Å²) in [5.41, 5.74) is 0. The highest BCUT2D eigenvalue weighted by Gasteiger charge is 2.35. The first-order valence-corrected chi connectivity index (χ1v) is 4.75. The first-order chi connectivity index (χ1) is 5.33. The first kappa shape index (κ1) is 12.0. The van der Waals surface area contributed by atoms with Gasteiger partial charge in [0.05, 0.1) is 6.61 Å². The molecule has 0 aromatic heterocycles. The van der Waals surface area contributed by atoms with E-state index in [2.05, 4.69) is 9.05 Å². The molecule has 0 amide bonds. The second kappa shape index (κ2) is 4.28. The Bertz CT molecular complexity index is 184. The van der Waals surface area contributed by atoms with Crippen molar-refractivity contribution in [3.05, 3.63) is 0 Å². The van der Waals surface area contributed by atoms with Crippen molar-refractivity contribution >= 4 is 7.82 Å². The summed E-state index contributed by atoms with van der Waals surface area (Å²) in [6.45, 7) is 0.507. The van der Waals surface area contributed by atoms with Crippen LogP contribution in [-0.4, -0.2) is 24.0 Å². The van der Waals surface area contributed by atoms with Crippen LogP contribution in [0.5, 0.6) is 0 Å². The van der Waals surface area contributed by atoms with E-state index in [0.29, 0.717) is 6.92 Å². The lowest BCUT2D eigenvalue weighted by Crippen LogP contribution is -2.24. The molecule has 0 saturated heterocycles. The lowest BCUT2D eigenvalue weighted by atomic mass is 10.4. The molecule has 0 heterocycles. The molecule has 0 aliphatic carbocycles. The van der Waals surface area contributed by atoms with Gasteiger partial charge in [0.2, 0.25) is 5.85 Å². The van der Waals surface area contributed by atoms with Crippen molar-refractivity contribution in [2.24, 2.45) is 0 Å². The van der Waals surface area contributed by atoms with Crippen LogP contribution < -0.4 is 0 Å². The van der Waals surface area contributed by atoms with Crippen molar-refractivity contribution in [1.29, 1.82) is 0 Å². The SMILES string of the molecule is CCOP(=O)(O)OC(C)(F)CF. The van der Waals surface area contributed by atoms with Crippen LogP contribution in [0.25, 0.3) is 0 Å². The first-order valence-electron chi connectivity index (χ1n) is 3.26. The number of rotatable bonds is 5. The van der Waals surface area contributed by atoms with Gasteiger partial charge in [0.25, 0.3) is 0 Å². The van der Waals surface area contributed by atoms with E-state index >= 15 is 0 Å². The predicted molar refractivity (Wildman–Crippen MR) is 38.0 cm³/mol. The summed E-state index contributed by atoms with van der Waals surface area (Å²) >= 11 is 0. The Kier molecular flexibility index (Phi) is 4.26. The minimum atomic E-state index is -4.45. The van der Waals surface area contributed by atoms with E-state index in [0.717, 1.165) is 0 Å². The van der Waals surface area contributed by atoms with Crippen molar-refractivity contribution in [2.45, 2.75) is 19.7 Å². The van der Waals surface area contributed by atoms with E-state index in [-0.39, 0.29) is 6.61 Å². The van der Waals surface area contributed by atoms with Crippen LogP contribution in [0.1, 0.15) is 13.8 Å². The molecule has 0 spiro atoms. The third kappa shape index (κ3) is 4.77. The summed E-state index contributed by atoms with van der Waals surface area (Å²) < 4.78 is 43.1. The van der Waals surface area contributed by atoms with Gasteiger partial charge in [-0.15, -0.1) is 0 Å². The van der Waals surface area contributed by atoms with E-state index in [1.165, 1.54) is 6.92 Å². The van der Waals surface area contributed by atoms with Gasteiger partial charge >= 0.3 is 7.82 Å². The maximum absolute atomic E-state index is 12.6. The Morgan fingerprint density at radius 1 is 1.67 bits per heavy atom. The molecular weight excluding hydrogens is 193 g/mol. The number of hydrogen-bond acceptors (Lipinski definition) is 3. The maximum atomic E-state index is 12.6. The molecule has 0 aromatic carbocycles. The van der Waals surface area contributed by atoms with E-state index in [9.17, 15) is 13.3 Å². The summed E-state index contributed by atoms with van der Waals surface area (Å²) in [5.74, 6) is -2.78. The zero-order valence-corrected chi connectivity index (χ0v) is 7.68. The van der Waals surface area contributed by atoms with Crippen LogP contribution in [0.2, 0.25) is 0 Å². The molecular formula is C5H11F2O4P. The van der Waals surface area contributed by atoms with Gasteiger partial charge in [0.15, 0.2) is 0 Å². The summed E-state index contributed by atoms with van der Waals surface area (Å²) in [7, 11) is -4.45. The number of alkyl halides is 2. The molecule has 0 fully saturated rings. The van der Waals surface area contributed by atoms with Gasteiger partial charge in [-0.05, 0) is 13.8 Å². The van der Waals surface area contributed by atoms with Gasteiger partial charge < -0.3 is 4.89 Å². The average Bonchev–Trinajstić information content (AvgIpc) is 1.85. The van der Waals surface area contributed by atoms with Gasteiger partial charge in [0, 0.05) is 0 Å². The van der Waals surface area contributed by atoms with Crippen molar-refractivity contribution in [1.82, 2.24) is 0 Å². The zero-order chi connectivity index (χ0) is 9.83. The molecule has 4 nitrogen and oxygen atoms in total. The molecule has 0 saturated carbocycles. The Labute approximate surface area is 69.1 Å². The van der Waals surface area contributed by atoms with Crippen molar-refractivity contribution in [2.75, 3.05) is 13.3 Å². The molecule has 0 aliphatic rings. The zero-order valence-electron chi connectivity index (χ0n) is 6.79. The summed E-state index contributed by atoms with van der Waals surface area (Å²) in [6, 6.07) is 0. The third-order valence-electron chi connectivity index (χ3n) is 0.837. The second-order valence-corrected chi connectivity index (χ2v) is 3.59. The second-order valence-electron chi connectivity index (χ2n) is 2.21. The Morgan fingerprint density at radius 3 is 2.50 bits per heavy atom. The fourth-order valence-electron chi connectivity index (χ4n) is 0.454. The highest BCUT2D eigenvalue weighted by molar-refractivity contribution is 7.47. The van der Waals surface area contributed by atoms with Crippen LogP contribution >= 0.6 is 7.82 Å². The molecule has 0 rings (SSSR count). The maximum Gasteiger partial charge on any atom is 0.475 e. The lowest BCUT2D eigenvalue weighted by molar-refractivity contribution is -0.0831. The number of phosphoric ester groups is 1. The van der Waals surface area contributed by atoms with Crippen LogP contribution in [-0.2, 0) is 13.6 Å². The van der Waals surface area contributed by atoms with E-state index in [4.69, 9.17) is 4.89 Å². The normalized spacial score (nSPS) is 21.4. The lowest BCUT2D eigenvalue weighted by Gasteiger charge is -2.19. The van der Waals surface area contributed by atoms with E-state index in [1.807, 2.05) is 0 Å². The predicted octanol–water partition coefficient (Wildman–Crippen LogP) is 1.80. The van der Waals surface area contributed by atoms with Crippen LogP contribution in [0.4, 0.5) is 8.78 Å². The molecule has 0 radical (unpaired) electrons. The molecule has 7 heteroatoms. The summed E-state index contributed by atoms with van der Waals surface area (Å²) in [4.78, 5) is 8.69. The summed E-state index contributed by atoms with van der Waals surface area (Å²) in [5, 5.41) is 0. The molecule has 1 N–H and O–H groups in total. The molecule has 2 unspecified atom stereocenters. The van der Waals surface area contributed by atoms with Gasteiger partial charge in [-0.2, -0.15) is 0 Å². The van der Waals surface area contributed by atoms with Gasteiger partial charge in [-0.3, -0.25) is 4.52 Å². The molecule has 0 aromatic rings. The van der Waals surface area contributed by atoms with E-state index in [1.54, 1.807) is 0 Å². The quantitative estimate of drug-likeness (QED) is 0.693. The number of hydrogen-bond donors (Lipinski definition) is 1. The monoisotopic (exact) mass is 204 g/mol. The van der Waals surface area contributed by atoms with Gasteiger partial charge in [-0.1, -0.05) is 0 Å². The number of halogens is 2. The van der Waals surface area contributed by atoms with Gasteiger partial charge in [-0.25, -0.2) is 17.9 Å². The Balaban J connectivity index is 4.14. The topological polar surface area (TPSA) is 55.8 Å². The Hall–Kier alpha value is -0.0300. The van der Waals surface area contributed by atoms with E-state index < -0.39 is 20.4 Å². The summed E-state index contributed by atoms with van der Waals surface area (Å²) in [6.07, 6.45) is 0. The highest BCUT2D eigenvalue weighted by Crippen LogP contribution is 2.47. The highest BCUT2D eigenvalue weighted by atomic mass is 31.2. The largest absolute Gasteiger partial charge is 0.475 e. The van der Waals surface area contributed by atoms with Crippen molar-refractivity contribution < 1.29 is 27.3 Å². The number of phosphoric acid groups is 1. The average molecular weight is 204 g/mol. The minimum absolute atomic E-state index is 0.115. The van der Waals surface area contributed by atoms with Crippen LogP contribution in [0.3, 0.4) is 0 Å². The smallest absolute Gasteiger partial charge is 0.302 e. The standard InChI is InChI=1S/C5H11F2O4P/c1-3-10-12(8,9)11-5(2,7)4-6/h3-4H2,1-2H3,(H,8,9). The fraction of sp³-hybridized carbons (Fsp3) is 1.00. The molecule has 2 atom stereocenters.